The van der Waals surface area contributed by atoms with E-state index in [1.54, 1.807) is 4.90 Å². The molecular weight excluding hydrogens is 386 g/mol. The third-order valence-corrected chi connectivity index (χ3v) is 5.38. The molecule has 2 aliphatic heterocycles. The van der Waals surface area contributed by atoms with E-state index in [0.717, 1.165) is 57.1 Å². The van der Waals surface area contributed by atoms with E-state index >= 15 is 0 Å². The number of likely N-dealkylation sites (N-methyl/N-ethyl adjacent to an activating group) is 1. The van der Waals surface area contributed by atoms with E-state index in [0.29, 0.717) is 19.8 Å². The second-order valence-electron chi connectivity index (χ2n) is 7.56. The zero-order valence-corrected chi connectivity index (χ0v) is 17.8. The van der Waals surface area contributed by atoms with Crippen LogP contribution in [0.25, 0.3) is 0 Å². The molecule has 2 heterocycles. The molecule has 2 saturated heterocycles. The van der Waals surface area contributed by atoms with Gasteiger partial charge in [0.1, 0.15) is 0 Å². The van der Waals surface area contributed by atoms with E-state index in [1.807, 2.05) is 31.2 Å². The van der Waals surface area contributed by atoms with E-state index < -0.39 is 0 Å². The van der Waals surface area contributed by atoms with Crippen molar-refractivity contribution in [2.24, 2.45) is 0 Å². The number of anilines is 2. The van der Waals surface area contributed by atoms with Crippen LogP contribution in [0.1, 0.15) is 26.2 Å². The molecule has 0 saturated carbocycles. The van der Waals surface area contributed by atoms with Gasteiger partial charge in [-0.25, -0.2) is 0 Å². The first-order valence-electron chi connectivity index (χ1n) is 10.9. The first-order valence-corrected chi connectivity index (χ1v) is 10.9. The molecule has 8 heteroatoms. The Labute approximate surface area is 178 Å². The van der Waals surface area contributed by atoms with E-state index in [1.165, 1.54) is 0 Å². The Morgan fingerprint density at radius 2 is 1.97 bits per heavy atom. The van der Waals surface area contributed by atoms with Crippen molar-refractivity contribution in [3.63, 3.8) is 0 Å². The molecule has 1 aromatic carbocycles. The molecule has 30 heavy (non-hydrogen) atoms. The predicted octanol–water partition coefficient (Wildman–Crippen LogP) is 1.90. The molecule has 1 N–H and O–H groups in total. The van der Waals surface area contributed by atoms with Crippen molar-refractivity contribution in [3.8, 4) is 0 Å². The molecule has 1 unspecified atom stereocenters. The third kappa shape index (κ3) is 6.97. The topological polar surface area (TPSA) is 80.3 Å². The van der Waals surface area contributed by atoms with E-state index in [9.17, 15) is 9.59 Å². The molecule has 8 nitrogen and oxygen atoms in total. The highest BCUT2D eigenvalue weighted by Crippen LogP contribution is 2.19. The number of benzene rings is 1. The summed E-state index contributed by atoms with van der Waals surface area (Å²) < 4.78 is 16.4. The summed E-state index contributed by atoms with van der Waals surface area (Å²) in [5.41, 5.74) is 1.84. The third-order valence-electron chi connectivity index (χ3n) is 5.38. The summed E-state index contributed by atoms with van der Waals surface area (Å²) in [6, 6.07) is 7.77. The summed E-state index contributed by atoms with van der Waals surface area (Å²) in [4.78, 5) is 28.6. The minimum absolute atomic E-state index is 0.0340. The first kappa shape index (κ1) is 22.5. The SMILES string of the molecule is CCN(CC(=O)Nc1ccc(N2CCOCC2)cc1)C(=O)CCOCC1CCCO1. The van der Waals surface area contributed by atoms with Crippen LogP contribution in [0.3, 0.4) is 0 Å². The Morgan fingerprint density at radius 1 is 1.20 bits per heavy atom. The van der Waals surface area contributed by atoms with Gasteiger partial charge in [-0.3, -0.25) is 9.59 Å². The number of ether oxygens (including phenoxy) is 3. The van der Waals surface area contributed by atoms with Crippen molar-refractivity contribution in [1.82, 2.24) is 4.90 Å². The van der Waals surface area contributed by atoms with E-state index in [-0.39, 0.29) is 30.9 Å². The predicted molar refractivity (Wildman–Crippen MR) is 115 cm³/mol. The van der Waals surface area contributed by atoms with Crippen LogP contribution in [0.4, 0.5) is 11.4 Å². The van der Waals surface area contributed by atoms with Gasteiger partial charge in [0.05, 0.1) is 45.5 Å². The van der Waals surface area contributed by atoms with Crippen LogP contribution in [0, 0.1) is 0 Å². The summed E-state index contributed by atoms with van der Waals surface area (Å²) in [5, 5.41) is 2.87. The molecule has 166 valence electrons. The molecule has 0 aromatic heterocycles. The van der Waals surface area contributed by atoms with Gasteiger partial charge in [-0.1, -0.05) is 0 Å². The van der Waals surface area contributed by atoms with Gasteiger partial charge < -0.3 is 29.3 Å². The number of amides is 2. The summed E-state index contributed by atoms with van der Waals surface area (Å²) in [5.74, 6) is -0.285. The van der Waals surface area contributed by atoms with Gasteiger partial charge in [0.25, 0.3) is 0 Å². The fraction of sp³-hybridized carbons (Fsp3) is 0.636. The summed E-state index contributed by atoms with van der Waals surface area (Å²) in [6.45, 7) is 7.27. The Morgan fingerprint density at radius 3 is 2.63 bits per heavy atom. The van der Waals surface area contributed by atoms with Crippen molar-refractivity contribution in [2.75, 3.05) is 69.4 Å². The van der Waals surface area contributed by atoms with Gasteiger partial charge in [-0.15, -0.1) is 0 Å². The average molecular weight is 420 g/mol. The van der Waals surface area contributed by atoms with Crippen LogP contribution in [0.5, 0.6) is 0 Å². The van der Waals surface area contributed by atoms with Gasteiger partial charge in [0.15, 0.2) is 0 Å². The monoisotopic (exact) mass is 419 g/mol. The molecule has 2 aliphatic rings. The highest BCUT2D eigenvalue weighted by Gasteiger charge is 2.18. The molecular formula is C22H33N3O5. The zero-order valence-electron chi connectivity index (χ0n) is 17.8. The number of nitrogens with zero attached hydrogens (tertiary/aromatic N) is 2. The maximum atomic E-state index is 12.4. The number of carbonyl (C=O) groups is 2. The second kappa shape index (κ2) is 11.9. The van der Waals surface area contributed by atoms with Crippen LogP contribution in [0.15, 0.2) is 24.3 Å². The largest absolute Gasteiger partial charge is 0.378 e. The summed E-state index contributed by atoms with van der Waals surface area (Å²) in [6.07, 6.45) is 2.51. The van der Waals surface area contributed by atoms with Gasteiger partial charge in [0.2, 0.25) is 11.8 Å². The minimum Gasteiger partial charge on any atom is -0.378 e. The molecule has 0 aliphatic carbocycles. The maximum Gasteiger partial charge on any atom is 0.243 e. The van der Waals surface area contributed by atoms with Gasteiger partial charge >= 0.3 is 0 Å². The van der Waals surface area contributed by atoms with Crippen molar-refractivity contribution < 1.29 is 23.8 Å². The van der Waals surface area contributed by atoms with E-state index in [2.05, 4.69) is 10.2 Å². The standard InChI is InChI=1S/C22H33N3O5/c1-2-24(22(27)9-13-29-17-20-4-3-12-30-20)16-21(26)23-18-5-7-19(8-6-18)25-10-14-28-15-11-25/h5-8,20H,2-4,9-17H2,1H3,(H,23,26). The fourth-order valence-electron chi connectivity index (χ4n) is 3.64. The van der Waals surface area contributed by atoms with Crippen molar-refractivity contribution in [2.45, 2.75) is 32.3 Å². The minimum atomic E-state index is -0.204. The van der Waals surface area contributed by atoms with Gasteiger partial charge in [0, 0.05) is 37.6 Å². The lowest BCUT2D eigenvalue weighted by molar-refractivity contribution is -0.135. The molecule has 0 radical (unpaired) electrons. The van der Waals surface area contributed by atoms with Crippen molar-refractivity contribution >= 4 is 23.2 Å². The molecule has 2 amide bonds. The summed E-state index contributed by atoms with van der Waals surface area (Å²) >= 11 is 0. The maximum absolute atomic E-state index is 12.4. The Kier molecular flexibility index (Phi) is 8.92. The van der Waals surface area contributed by atoms with Gasteiger partial charge in [-0.05, 0) is 44.0 Å². The normalized spacial score (nSPS) is 19.0. The highest BCUT2D eigenvalue weighted by molar-refractivity contribution is 5.94. The molecule has 0 spiro atoms. The molecule has 1 aromatic rings. The Balaban J connectivity index is 1.38. The molecule has 0 bridgehead atoms. The Bertz CT molecular complexity index is 670. The first-order chi connectivity index (χ1) is 14.7. The molecule has 3 rings (SSSR count). The number of morpholine rings is 1. The second-order valence-corrected chi connectivity index (χ2v) is 7.56. The smallest absolute Gasteiger partial charge is 0.243 e. The average Bonchev–Trinajstić information content (AvgIpc) is 3.29. The number of rotatable bonds is 10. The number of carbonyl (C=O) groups excluding carboxylic acids is 2. The Hall–Kier alpha value is -2.16. The number of hydrogen-bond donors (Lipinski definition) is 1. The van der Waals surface area contributed by atoms with Crippen LogP contribution in [-0.2, 0) is 23.8 Å². The van der Waals surface area contributed by atoms with Gasteiger partial charge in [-0.2, -0.15) is 0 Å². The fourth-order valence-corrected chi connectivity index (χ4v) is 3.64. The lowest BCUT2D eigenvalue weighted by Gasteiger charge is -2.29. The number of nitrogens with one attached hydrogen (secondary N) is 1. The van der Waals surface area contributed by atoms with Crippen molar-refractivity contribution in [3.05, 3.63) is 24.3 Å². The lowest BCUT2D eigenvalue weighted by atomic mass is 10.2. The zero-order chi connectivity index (χ0) is 21.2. The lowest BCUT2D eigenvalue weighted by Crippen LogP contribution is -2.38. The van der Waals surface area contributed by atoms with E-state index in [4.69, 9.17) is 14.2 Å². The van der Waals surface area contributed by atoms with Crippen LogP contribution in [0.2, 0.25) is 0 Å². The molecule has 1 atom stereocenters. The molecule has 2 fully saturated rings. The van der Waals surface area contributed by atoms with Crippen LogP contribution >= 0.6 is 0 Å². The quantitative estimate of drug-likeness (QED) is 0.584. The number of hydrogen-bond acceptors (Lipinski definition) is 6. The van der Waals surface area contributed by atoms with Crippen molar-refractivity contribution in [1.29, 1.82) is 0 Å². The van der Waals surface area contributed by atoms with Crippen LogP contribution < -0.4 is 10.2 Å². The summed E-state index contributed by atoms with van der Waals surface area (Å²) in [7, 11) is 0. The van der Waals surface area contributed by atoms with Crippen LogP contribution in [-0.4, -0.2) is 82.0 Å². The highest BCUT2D eigenvalue weighted by atomic mass is 16.5.